The molecule has 1 amide bonds. The largest absolute Gasteiger partial charge is 0.465 e. The van der Waals surface area contributed by atoms with Crippen molar-refractivity contribution in [2.75, 3.05) is 25.5 Å². The van der Waals surface area contributed by atoms with Gasteiger partial charge >= 0.3 is 5.97 Å². The molecule has 5 nitrogen and oxygen atoms in total. The lowest BCUT2D eigenvalue weighted by molar-refractivity contribution is -0.125. The molecule has 0 spiro atoms. The van der Waals surface area contributed by atoms with Crippen LogP contribution >= 0.6 is 11.3 Å². The van der Waals surface area contributed by atoms with Crippen molar-refractivity contribution >= 4 is 28.9 Å². The minimum absolute atomic E-state index is 0.0525. The lowest BCUT2D eigenvalue weighted by atomic mass is 9.82. The van der Waals surface area contributed by atoms with E-state index in [1.807, 2.05) is 6.92 Å². The molecule has 1 aromatic rings. The van der Waals surface area contributed by atoms with Gasteiger partial charge in [-0.1, -0.05) is 0 Å². The molecule has 1 fully saturated rings. The van der Waals surface area contributed by atoms with Crippen molar-refractivity contribution in [3.8, 4) is 0 Å². The van der Waals surface area contributed by atoms with Crippen LogP contribution in [0.2, 0.25) is 0 Å². The zero-order valence-electron chi connectivity index (χ0n) is 11.1. The summed E-state index contributed by atoms with van der Waals surface area (Å²) in [4.78, 5) is 24.3. The molecule has 0 radical (unpaired) electrons. The molecule has 1 aromatic heterocycles. The van der Waals surface area contributed by atoms with Crippen LogP contribution in [0.25, 0.3) is 0 Å². The fraction of sp³-hybridized carbons (Fsp3) is 0.538. The van der Waals surface area contributed by atoms with E-state index in [9.17, 15) is 9.59 Å². The molecule has 1 saturated heterocycles. The van der Waals surface area contributed by atoms with Crippen LogP contribution in [-0.4, -0.2) is 32.1 Å². The SMILES string of the molecule is COC(=O)c1sccc1NC(=O)C1(C)CCCNC1. The second-order valence-corrected chi connectivity index (χ2v) is 5.87. The first kappa shape index (κ1) is 14.0. The Kier molecular flexibility index (Phi) is 4.21. The van der Waals surface area contributed by atoms with Gasteiger partial charge in [0.05, 0.1) is 18.2 Å². The number of thiophene rings is 1. The summed E-state index contributed by atoms with van der Waals surface area (Å²) in [5.41, 5.74) is 0.113. The number of esters is 1. The second-order valence-electron chi connectivity index (χ2n) is 4.95. The first-order chi connectivity index (χ1) is 9.07. The lowest BCUT2D eigenvalue weighted by Crippen LogP contribution is -2.46. The van der Waals surface area contributed by atoms with Gasteiger partial charge in [-0.15, -0.1) is 11.3 Å². The van der Waals surface area contributed by atoms with E-state index in [1.54, 1.807) is 11.4 Å². The van der Waals surface area contributed by atoms with E-state index in [1.165, 1.54) is 18.4 Å². The van der Waals surface area contributed by atoms with Crippen LogP contribution in [0, 0.1) is 5.41 Å². The molecule has 1 atom stereocenters. The molecule has 1 aliphatic rings. The third kappa shape index (κ3) is 2.96. The molecule has 2 rings (SSSR count). The number of amides is 1. The van der Waals surface area contributed by atoms with Crippen LogP contribution in [0.5, 0.6) is 0 Å². The number of rotatable bonds is 3. The van der Waals surface area contributed by atoms with Gasteiger partial charge in [-0.25, -0.2) is 4.79 Å². The minimum Gasteiger partial charge on any atom is -0.465 e. The summed E-state index contributed by atoms with van der Waals surface area (Å²) in [5, 5.41) is 7.85. The Morgan fingerprint density at radius 1 is 1.53 bits per heavy atom. The fourth-order valence-electron chi connectivity index (χ4n) is 2.18. The predicted molar refractivity (Wildman–Crippen MR) is 74.5 cm³/mol. The van der Waals surface area contributed by atoms with Gasteiger partial charge in [0.15, 0.2) is 0 Å². The van der Waals surface area contributed by atoms with Gasteiger partial charge in [-0.05, 0) is 37.8 Å². The van der Waals surface area contributed by atoms with Gasteiger partial charge in [0, 0.05) is 6.54 Å². The average molecular weight is 282 g/mol. The van der Waals surface area contributed by atoms with Crippen LogP contribution in [-0.2, 0) is 9.53 Å². The lowest BCUT2D eigenvalue weighted by Gasteiger charge is -2.32. The maximum absolute atomic E-state index is 12.4. The molecule has 1 unspecified atom stereocenters. The average Bonchev–Trinajstić information content (AvgIpc) is 2.87. The Balaban J connectivity index is 2.10. The number of carbonyl (C=O) groups excluding carboxylic acids is 2. The molecular formula is C13H18N2O3S. The van der Waals surface area contributed by atoms with Crippen molar-refractivity contribution in [2.24, 2.45) is 5.41 Å². The Hall–Kier alpha value is -1.40. The smallest absolute Gasteiger partial charge is 0.350 e. The summed E-state index contributed by atoms with van der Waals surface area (Å²) in [7, 11) is 1.33. The van der Waals surface area contributed by atoms with Gasteiger partial charge in [0.1, 0.15) is 4.88 Å². The molecule has 19 heavy (non-hydrogen) atoms. The molecule has 0 saturated carbocycles. The summed E-state index contributed by atoms with van der Waals surface area (Å²) in [6, 6.07) is 1.73. The highest BCUT2D eigenvalue weighted by atomic mass is 32.1. The van der Waals surface area contributed by atoms with Crippen molar-refractivity contribution < 1.29 is 14.3 Å². The Morgan fingerprint density at radius 3 is 2.95 bits per heavy atom. The number of nitrogens with one attached hydrogen (secondary N) is 2. The van der Waals surface area contributed by atoms with E-state index in [-0.39, 0.29) is 5.91 Å². The van der Waals surface area contributed by atoms with Gasteiger partial charge < -0.3 is 15.4 Å². The number of piperidine rings is 1. The standard InChI is InChI=1S/C13H18N2O3S/c1-13(5-3-6-14-8-13)12(17)15-9-4-7-19-10(9)11(16)18-2/h4,7,14H,3,5-6,8H2,1-2H3,(H,15,17). The van der Waals surface area contributed by atoms with Crippen molar-refractivity contribution in [3.63, 3.8) is 0 Å². The van der Waals surface area contributed by atoms with Gasteiger partial charge in [-0.2, -0.15) is 0 Å². The second kappa shape index (κ2) is 5.71. The van der Waals surface area contributed by atoms with E-state index in [4.69, 9.17) is 4.74 Å². The van der Waals surface area contributed by atoms with Crippen molar-refractivity contribution in [1.29, 1.82) is 0 Å². The van der Waals surface area contributed by atoms with Crippen molar-refractivity contribution in [2.45, 2.75) is 19.8 Å². The molecule has 1 aliphatic heterocycles. The number of ether oxygens (including phenoxy) is 1. The normalized spacial score (nSPS) is 22.8. The molecule has 0 aliphatic carbocycles. The number of anilines is 1. The van der Waals surface area contributed by atoms with Crippen LogP contribution in [0.4, 0.5) is 5.69 Å². The van der Waals surface area contributed by atoms with Gasteiger partial charge in [-0.3, -0.25) is 4.79 Å². The first-order valence-electron chi connectivity index (χ1n) is 6.25. The number of hydrogen-bond acceptors (Lipinski definition) is 5. The van der Waals surface area contributed by atoms with E-state index in [0.717, 1.165) is 19.4 Å². The molecule has 104 valence electrons. The quantitative estimate of drug-likeness (QED) is 0.830. The fourth-order valence-corrected chi connectivity index (χ4v) is 2.95. The van der Waals surface area contributed by atoms with Crippen LogP contribution in [0.1, 0.15) is 29.4 Å². The number of carbonyl (C=O) groups is 2. The Labute approximate surface area is 116 Å². The number of methoxy groups -OCH3 is 1. The van der Waals surface area contributed by atoms with E-state index in [2.05, 4.69) is 10.6 Å². The zero-order valence-corrected chi connectivity index (χ0v) is 11.9. The summed E-state index contributed by atoms with van der Waals surface area (Å²) < 4.78 is 4.70. The number of hydrogen-bond donors (Lipinski definition) is 2. The highest BCUT2D eigenvalue weighted by Gasteiger charge is 2.35. The van der Waals surface area contributed by atoms with Crippen LogP contribution in [0.15, 0.2) is 11.4 Å². The topological polar surface area (TPSA) is 67.4 Å². The highest BCUT2D eigenvalue weighted by molar-refractivity contribution is 7.12. The third-order valence-corrected chi connectivity index (χ3v) is 4.32. The summed E-state index contributed by atoms with van der Waals surface area (Å²) >= 11 is 1.26. The first-order valence-corrected chi connectivity index (χ1v) is 7.13. The van der Waals surface area contributed by atoms with Crippen LogP contribution < -0.4 is 10.6 Å². The Bertz CT molecular complexity index is 478. The highest BCUT2D eigenvalue weighted by Crippen LogP contribution is 2.29. The van der Waals surface area contributed by atoms with E-state index in [0.29, 0.717) is 17.1 Å². The molecule has 2 heterocycles. The van der Waals surface area contributed by atoms with Crippen molar-refractivity contribution in [3.05, 3.63) is 16.3 Å². The van der Waals surface area contributed by atoms with E-state index < -0.39 is 11.4 Å². The summed E-state index contributed by atoms with van der Waals surface area (Å²) in [6.45, 7) is 3.56. The van der Waals surface area contributed by atoms with Crippen LogP contribution in [0.3, 0.4) is 0 Å². The molecule has 6 heteroatoms. The maximum Gasteiger partial charge on any atom is 0.350 e. The van der Waals surface area contributed by atoms with Crippen molar-refractivity contribution in [1.82, 2.24) is 5.32 Å². The van der Waals surface area contributed by atoms with E-state index >= 15 is 0 Å². The maximum atomic E-state index is 12.4. The predicted octanol–water partition coefficient (Wildman–Crippen LogP) is 1.86. The summed E-state index contributed by atoms with van der Waals surface area (Å²) in [6.07, 6.45) is 1.83. The molecule has 2 N–H and O–H groups in total. The Morgan fingerprint density at radius 2 is 2.32 bits per heavy atom. The zero-order chi connectivity index (χ0) is 13.9. The molecule has 0 aromatic carbocycles. The molecular weight excluding hydrogens is 264 g/mol. The third-order valence-electron chi connectivity index (χ3n) is 3.43. The van der Waals surface area contributed by atoms with Gasteiger partial charge in [0.2, 0.25) is 5.91 Å². The summed E-state index contributed by atoms with van der Waals surface area (Å²) in [5.74, 6) is -0.472. The monoisotopic (exact) mass is 282 g/mol. The minimum atomic E-state index is -0.423. The molecule has 0 bridgehead atoms. The van der Waals surface area contributed by atoms with Gasteiger partial charge in [0.25, 0.3) is 0 Å².